The molecule has 0 aliphatic carbocycles. The van der Waals surface area contributed by atoms with Crippen molar-refractivity contribution in [2.45, 2.75) is 105 Å². The molecule has 0 bridgehead atoms. The molecule has 0 spiro atoms. The Hall–Kier alpha value is -8.11. The molecule has 0 radical (unpaired) electrons. The SMILES string of the molecule is CC(C)(C)c1ccc(-c2cc(-c3cc(C(C)(C)C)cc4c5ccccc5c5ccccc5c5cccc6c5n(c34)[CH-]N6c3[c-]c(Oc4[c-]c5c(cc4)c4ccccc4n5-c4cc(C(C)(C)C)ccn4)ccc3)cc(C(C)(C)C)c2)cc1.[Pt]. The Kier molecular flexibility index (Phi) is 13.4. The van der Waals surface area contributed by atoms with Crippen molar-refractivity contribution in [1.29, 1.82) is 0 Å². The molecule has 4 heterocycles. The van der Waals surface area contributed by atoms with E-state index in [1.54, 1.807) is 0 Å². The summed E-state index contributed by atoms with van der Waals surface area (Å²) in [5, 5.41) is 9.29. The minimum Gasteiger partial charge on any atom is -0.509 e. The number of anilines is 2. The number of nitrogens with zero attached hydrogens (tertiary/aromatic N) is 4. The smallest absolute Gasteiger partial charge is 0.135 e. The number of para-hydroxylation sites is 2. The molecule has 1 aliphatic heterocycles. The van der Waals surface area contributed by atoms with Crippen LogP contribution in [0.2, 0.25) is 0 Å². The quantitative estimate of drug-likeness (QED) is 0.156. The van der Waals surface area contributed by atoms with E-state index in [2.05, 4.69) is 292 Å². The van der Waals surface area contributed by atoms with Gasteiger partial charge in [-0.05, 0) is 152 Å². The monoisotopic (exact) mass is 1250 g/mol. The van der Waals surface area contributed by atoms with Crippen molar-refractivity contribution < 1.29 is 25.8 Å². The molecular formula is C76H69N4OPt-3. The molecule has 0 saturated carbocycles. The summed E-state index contributed by atoms with van der Waals surface area (Å²) in [5.41, 5.74) is 15.6. The van der Waals surface area contributed by atoms with Crippen molar-refractivity contribution in [2.24, 2.45) is 0 Å². The van der Waals surface area contributed by atoms with Gasteiger partial charge in [-0.1, -0.05) is 222 Å². The predicted octanol–water partition coefficient (Wildman–Crippen LogP) is 20.8. The fourth-order valence-corrected chi connectivity index (χ4v) is 11.9. The Morgan fingerprint density at radius 3 is 1.66 bits per heavy atom. The molecule has 0 N–H and O–H groups in total. The summed E-state index contributed by atoms with van der Waals surface area (Å²) in [6.07, 6.45) is 1.91. The maximum Gasteiger partial charge on any atom is 0.135 e. The first-order valence-electron chi connectivity index (χ1n) is 28.5. The number of aromatic nitrogens is 3. The zero-order valence-electron chi connectivity index (χ0n) is 49.1. The maximum atomic E-state index is 6.86. The van der Waals surface area contributed by atoms with Gasteiger partial charge in [0.25, 0.3) is 0 Å². The molecule has 1 aliphatic rings. The van der Waals surface area contributed by atoms with Gasteiger partial charge in [0.15, 0.2) is 0 Å². The average molecular weight is 1250 g/mol. The third kappa shape index (κ3) is 9.61. The third-order valence-electron chi connectivity index (χ3n) is 16.5. The molecule has 3 aromatic heterocycles. The summed E-state index contributed by atoms with van der Waals surface area (Å²) < 4.78 is 11.5. The van der Waals surface area contributed by atoms with Crippen LogP contribution in [0.5, 0.6) is 11.5 Å². The van der Waals surface area contributed by atoms with Crippen LogP contribution in [-0.2, 0) is 42.7 Å². The molecule has 82 heavy (non-hydrogen) atoms. The molecule has 13 rings (SSSR count). The summed E-state index contributed by atoms with van der Waals surface area (Å²) in [6, 6.07) is 76.7. The van der Waals surface area contributed by atoms with E-state index < -0.39 is 0 Å². The number of hydrogen-bond acceptors (Lipinski definition) is 3. The molecule has 6 heteroatoms. The molecule has 0 atom stereocenters. The van der Waals surface area contributed by atoms with Crippen LogP contribution in [0.4, 0.5) is 11.4 Å². The maximum absolute atomic E-state index is 6.86. The van der Waals surface area contributed by atoms with Crippen molar-refractivity contribution in [2.75, 3.05) is 4.90 Å². The van der Waals surface area contributed by atoms with Crippen LogP contribution < -0.4 is 9.64 Å². The second-order valence-corrected chi connectivity index (χ2v) is 26.3. The molecular weight excluding hydrogens is 1180 g/mol. The molecule has 0 amide bonds. The summed E-state index contributed by atoms with van der Waals surface area (Å²) in [7, 11) is 0. The van der Waals surface area contributed by atoms with Gasteiger partial charge >= 0.3 is 0 Å². The second-order valence-electron chi connectivity index (χ2n) is 26.3. The van der Waals surface area contributed by atoms with Gasteiger partial charge in [-0.15, -0.1) is 35.7 Å². The van der Waals surface area contributed by atoms with Crippen molar-refractivity contribution in [1.82, 2.24) is 14.1 Å². The van der Waals surface area contributed by atoms with Gasteiger partial charge in [-0.25, -0.2) is 4.98 Å². The van der Waals surface area contributed by atoms with Crippen molar-refractivity contribution in [3.05, 3.63) is 235 Å². The van der Waals surface area contributed by atoms with Crippen molar-refractivity contribution in [3.63, 3.8) is 0 Å². The minimum absolute atomic E-state index is 0. The van der Waals surface area contributed by atoms with Crippen LogP contribution in [0.15, 0.2) is 194 Å². The Morgan fingerprint density at radius 1 is 0.415 bits per heavy atom. The van der Waals surface area contributed by atoms with E-state index >= 15 is 0 Å². The summed E-state index contributed by atoms with van der Waals surface area (Å²) in [5.74, 6) is 2.02. The number of rotatable bonds is 6. The fraction of sp³-hybridized carbons (Fsp3) is 0.211. The molecule has 0 fully saturated rings. The van der Waals surface area contributed by atoms with Gasteiger partial charge in [0.05, 0.1) is 0 Å². The normalized spacial score (nSPS) is 12.9. The van der Waals surface area contributed by atoms with Crippen LogP contribution in [0, 0.1) is 18.8 Å². The van der Waals surface area contributed by atoms with Gasteiger partial charge < -0.3 is 18.8 Å². The summed E-state index contributed by atoms with van der Waals surface area (Å²) in [4.78, 5) is 7.21. The van der Waals surface area contributed by atoms with E-state index in [-0.39, 0.29) is 42.7 Å². The van der Waals surface area contributed by atoms with E-state index in [1.165, 1.54) is 71.4 Å². The first-order chi connectivity index (χ1) is 38.7. The van der Waals surface area contributed by atoms with E-state index in [4.69, 9.17) is 9.72 Å². The topological polar surface area (TPSA) is 35.2 Å². The third-order valence-corrected chi connectivity index (χ3v) is 16.5. The average Bonchev–Trinajstić information content (AvgIpc) is 3.03. The first-order valence-corrected chi connectivity index (χ1v) is 28.5. The fourth-order valence-electron chi connectivity index (χ4n) is 11.9. The van der Waals surface area contributed by atoms with Gasteiger partial charge in [0.1, 0.15) is 5.82 Å². The Bertz CT molecular complexity index is 4570. The van der Waals surface area contributed by atoms with Crippen LogP contribution in [0.1, 0.15) is 105 Å². The van der Waals surface area contributed by atoms with Gasteiger partial charge in [0, 0.05) is 50.0 Å². The van der Waals surface area contributed by atoms with Crippen LogP contribution in [0.25, 0.3) is 93.2 Å². The molecule has 5 nitrogen and oxygen atoms in total. The largest absolute Gasteiger partial charge is 0.509 e. The molecule has 0 saturated heterocycles. The summed E-state index contributed by atoms with van der Waals surface area (Å²) >= 11 is 0. The predicted molar refractivity (Wildman–Crippen MR) is 342 cm³/mol. The number of pyridine rings is 1. The molecule has 9 aromatic carbocycles. The van der Waals surface area contributed by atoms with E-state index in [1.807, 2.05) is 18.3 Å². The molecule has 12 aromatic rings. The van der Waals surface area contributed by atoms with E-state index in [0.29, 0.717) is 11.5 Å². The van der Waals surface area contributed by atoms with Crippen LogP contribution >= 0.6 is 0 Å². The number of benzene rings is 9. The Balaban J connectivity index is 0.00000665. The Labute approximate surface area is 497 Å². The first kappa shape index (κ1) is 54.5. The Morgan fingerprint density at radius 2 is 0.988 bits per heavy atom. The van der Waals surface area contributed by atoms with E-state index in [9.17, 15) is 0 Å². The van der Waals surface area contributed by atoms with E-state index in [0.717, 1.165) is 55.4 Å². The van der Waals surface area contributed by atoms with Gasteiger partial charge in [-0.3, -0.25) is 0 Å². The molecule has 0 unspecified atom stereocenters. The van der Waals surface area contributed by atoms with Gasteiger partial charge in [0.2, 0.25) is 0 Å². The van der Waals surface area contributed by atoms with Crippen molar-refractivity contribution >= 4 is 76.5 Å². The van der Waals surface area contributed by atoms with Crippen molar-refractivity contribution in [3.8, 4) is 39.6 Å². The zero-order chi connectivity index (χ0) is 56.3. The number of ether oxygens (including phenoxy) is 1. The minimum atomic E-state index is -0.172. The standard InChI is InChI=1S/C76H69N4O.Pt/c1-73(2,3)51-33-31-48(32-34-51)49-39-50(41-53(40-49)75(7,8)9)65-42-54(76(10,11)12)43-66-61-26-16-14-24-59(61)58-23-13-15-25-60(58)64-28-20-30-68-72(64)79(71(65)66)47-78(68)55-21-19-22-56(45-55)81-57-35-36-63-62-27-17-18-29-67(62)80(69(63)46-57)70-44-52(37-38-77-70)74(4,5)6;/h13-44,47H,1-12H3;/q-3;. The van der Waals surface area contributed by atoms with Gasteiger partial charge in [-0.2, -0.15) is 12.1 Å². The number of fused-ring (bicyclic) bond motifs is 10. The van der Waals surface area contributed by atoms with Crippen LogP contribution in [0.3, 0.4) is 0 Å². The zero-order valence-corrected chi connectivity index (χ0v) is 51.3. The van der Waals surface area contributed by atoms with Crippen LogP contribution in [-0.4, -0.2) is 14.1 Å². The number of hydrogen-bond donors (Lipinski definition) is 0. The summed E-state index contributed by atoms with van der Waals surface area (Å²) in [6.45, 7) is 29.8. The molecule has 412 valence electrons. The second kappa shape index (κ2) is 20.1.